The fourth-order valence-corrected chi connectivity index (χ4v) is 7.29. The molecule has 0 aromatic heterocycles. The number of allylic oxidation sites excluding steroid dienone is 1. The van der Waals surface area contributed by atoms with Crippen molar-refractivity contribution in [2.75, 3.05) is 0 Å². The first-order valence-electron chi connectivity index (χ1n) is 10.7. The normalized spacial score (nSPS) is 47.5. The third-order valence-corrected chi connectivity index (χ3v) is 8.78. The molecule has 3 nitrogen and oxygen atoms in total. The number of hydrogen-bond acceptors (Lipinski definition) is 3. The minimum Gasteiger partial charge on any atom is -0.462 e. The number of ketones is 1. The summed E-state index contributed by atoms with van der Waals surface area (Å²) in [6.45, 7) is 9.10. The van der Waals surface area contributed by atoms with Crippen LogP contribution in [0.3, 0.4) is 0 Å². The van der Waals surface area contributed by atoms with Gasteiger partial charge in [0.25, 0.3) is 0 Å². The Labute approximate surface area is 157 Å². The lowest BCUT2D eigenvalue weighted by atomic mass is 9.45. The molecular weight excluding hydrogens is 324 g/mol. The molecule has 3 fully saturated rings. The topological polar surface area (TPSA) is 43.4 Å². The van der Waals surface area contributed by atoms with Crippen molar-refractivity contribution in [1.82, 2.24) is 0 Å². The van der Waals surface area contributed by atoms with Crippen molar-refractivity contribution in [3.63, 3.8) is 0 Å². The van der Waals surface area contributed by atoms with E-state index in [2.05, 4.69) is 20.8 Å². The van der Waals surface area contributed by atoms with Crippen molar-refractivity contribution >= 4 is 11.8 Å². The second-order valence-corrected chi connectivity index (χ2v) is 9.98. The van der Waals surface area contributed by atoms with Crippen LogP contribution >= 0.6 is 0 Å². The van der Waals surface area contributed by atoms with Crippen molar-refractivity contribution in [3.8, 4) is 0 Å². The average molecular weight is 359 g/mol. The third kappa shape index (κ3) is 2.52. The maximum Gasteiger partial charge on any atom is 0.305 e. The van der Waals surface area contributed by atoms with Crippen LogP contribution in [0.25, 0.3) is 0 Å². The van der Waals surface area contributed by atoms with E-state index in [9.17, 15) is 9.59 Å². The van der Waals surface area contributed by atoms with E-state index >= 15 is 0 Å². The Morgan fingerprint density at radius 2 is 1.96 bits per heavy atom. The van der Waals surface area contributed by atoms with Gasteiger partial charge in [0.1, 0.15) is 6.10 Å². The number of carbonyl (C=O) groups is 2. The van der Waals surface area contributed by atoms with Gasteiger partial charge in [0.2, 0.25) is 0 Å². The van der Waals surface area contributed by atoms with Gasteiger partial charge >= 0.3 is 5.97 Å². The largest absolute Gasteiger partial charge is 0.462 e. The Morgan fingerprint density at radius 3 is 2.69 bits per heavy atom. The number of carbonyl (C=O) groups excluding carboxylic acids is 2. The Morgan fingerprint density at radius 1 is 1.19 bits per heavy atom. The van der Waals surface area contributed by atoms with Gasteiger partial charge in [-0.3, -0.25) is 9.59 Å². The highest BCUT2D eigenvalue weighted by molar-refractivity contribution is 5.91. The summed E-state index contributed by atoms with van der Waals surface area (Å²) < 4.78 is 5.90. The predicted molar refractivity (Wildman–Crippen MR) is 101 cm³/mol. The van der Waals surface area contributed by atoms with Crippen molar-refractivity contribution in [2.24, 2.45) is 34.5 Å². The van der Waals surface area contributed by atoms with Gasteiger partial charge in [0.05, 0.1) is 0 Å². The summed E-state index contributed by atoms with van der Waals surface area (Å²) >= 11 is 0. The zero-order chi connectivity index (χ0) is 18.7. The fraction of sp³-hybridized carbons (Fsp3) is 0.826. The molecule has 4 rings (SSSR count). The van der Waals surface area contributed by atoms with Gasteiger partial charge in [0, 0.05) is 18.3 Å². The summed E-state index contributed by atoms with van der Waals surface area (Å²) in [7, 11) is 0. The molecule has 3 heteroatoms. The molecule has 1 unspecified atom stereocenters. The number of rotatable bonds is 2. The van der Waals surface area contributed by atoms with Gasteiger partial charge in [-0.05, 0) is 73.7 Å². The Bertz CT molecular complexity index is 650. The average Bonchev–Trinajstić information content (AvgIpc) is 2.93. The molecule has 0 aromatic carbocycles. The SMILES string of the molecule is CCC(=O)O[C@H]1CC[C@H]2C3[C@H](C)CC4=CC(=O)CC[C@]4(C)[C@H]3CC[C@]12C. The van der Waals surface area contributed by atoms with Crippen LogP contribution in [0.5, 0.6) is 0 Å². The molecule has 0 bridgehead atoms. The van der Waals surface area contributed by atoms with E-state index in [1.54, 1.807) is 0 Å². The molecule has 0 spiro atoms. The molecule has 0 N–H and O–H groups in total. The van der Waals surface area contributed by atoms with Crippen molar-refractivity contribution in [1.29, 1.82) is 0 Å². The molecule has 4 aliphatic rings. The van der Waals surface area contributed by atoms with Gasteiger partial charge in [0.15, 0.2) is 5.78 Å². The number of ether oxygens (including phenoxy) is 1. The quantitative estimate of drug-likeness (QED) is 0.646. The lowest BCUT2D eigenvalue weighted by Gasteiger charge is -2.59. The van der Waals surface area contributed by atoms with Crippen molar-refractivity contribution in [3.05, 3.63) is 11.6 Å². The van der Waals surface area contributed by atoms with E-state index in [1.165, 1.54) is 18.4 Å². The smallest absolute Gasteiger partial charge is 0.305 e. The van der Waals surface area contributed by atoms with Gasteiger partial charge in [-0.15, -0.1) is 0 Å². The summed E-state index contributed by atoms with van der Waals surface area (Å²) in [5, 5.41) is 0. The maximum atomic E-state index is 12.0. The summed E-state index contributed by atoms with van der Waals surface area (Å²) in [5.41, 5.74) is 1.78. The molecule has 0 aromatic rings. The van der Waals surface area contributed by atoms with Crippen molar-refractivity contribution < 1.29 is 14.3 Å². The van der Waals surface area contributed by atoms with E-state index in [0.29, 0.717) is 35.9 Å². The minimum atomic E-state index is -0.0429. The molecule has 144 valence electrons. The van der Waals surface area contributed by atoms with E-state index in [-0.39, 0.29) is 22.9 Å². The zero-order valence-electron chi connectivity index (χ0n) is 16.8. The van der Waals surface area contributed by atoms with Crippen LogP contribution in [0, 0.1) is 34.5 Å². The van der Waals surface area contributed by atoms with Crippen LogP contribution in [-0.2, 0) is 14.3 Å². The Balaban J connectivity index is 1.64. The molecular formula is C23H34O3. The van der Waals surface area contributed by atoms with Gasteiger partial charge in [-0.2, -0.15) is 0 Å². The maximum absolute atomic E-state index is 12.0. The fourth-order valence-electron chi connectivity index (χ4n) is 7.29. The van der Waals surface area contributed by atoms with Gasteiger partial charge in [-0.25, -0.2) is 0 Å². The summed E-state index contributed by atoms with van der Waals surface area (Å²) in [5.74, 6) is 2.95. The second kappa shape index (κ2) is 6.21. The first kappa shape index (κ1) is 18.3. The number of fused-ring (bicyclic) bond motifs is 5. The lowest BCUT2D eigenvalue weighted by Crippen LogP contribution is -2.54. The summed E-state index contributed by atoms with van der Waals surface area (Å²) in [6, 6.07) is 0. The highest BCUT2D eigenvalue weighted by atomic mass is 16.5. The molecule has 0 aliphatic heterocycles. The minimum absolute atomic E-state index is 0.0429. The van der Waals surface area contributed by atoms with Crippen LogP contribution in [0.1, 0.15) is 79.1 Å². The van der Waals surface area contributed by atoms with Crippen LogP contribution in [0.15, 0.2) is 11.6 Å². The van der Waals surface area contributed by atoms with Gasteiger partial charge in [-0.1, -0.05) is 33.3 Å². The number of esters is 1. The Hall–Kier alpha value is -1.12. The first-order valence-corrected chi connectivity index (χ1v) is 10.7. The zero-order valence-corrected chi connectivity index (χ0v) is 16.8. The molecule has 3 saturated carbocycles. The monoisotopic (exact) mass is 358 g/mol. The van der Waals surface area contributed by atoms with Crippen LogP contribution in [-0.4, -0.2) is 17.9 Å². The second-order valence-electron chi connectivity index (χ2n) is 9.98. The van der Waals surface area contributed by atoms with Gasteiger partial charge < -0.3 is 4.74 Å². The molecule has 7 atom stereocenters. The molecule has 0 heterocycles. The van der Waals surface area contributed by atoms with E-state index in [1.807, 2.05) is 13.0 Å². The molecule has 0 saturated heterocycles. The highest BCUT2D eigenvalue weighted by Crippen LogP contribution is 2.66. The molecule has 0 amide bonds. The number of hydrogen-bond donors (Lipinski definition) is 0. The van der Waals surface area contributed by atoms with Crippen molar-refractivity contribution in [2.45, 2.75) is 85.2 Å². The Kier molecular flexibility index (Phi) is 4.36. The predicted octanol–water partition coefficient (Wildman–Crippen LogP) is 5.09. The van der Waals surface area contributed by atoms with E-state index < -0.39 is 0 Å². The highest BCUT2D eigenvalue weighted by Gasteiger charge is 2.61. The lowest BCUT2D eigenvalue weighted by molar-refractivity contribution is -0.160. The first-order chi connectivity index (χ1) is 12.3. The van der Waals surface area contributed by atoms with Crippen LogP contribution < -0.4 is 0 Å². The van der Waals surface area contributed by atoms with Crippen LogP contribution in [0.4, 0.5) is 0 Å². The standard InChI is InChI=1S/C23H34O3/c1-5-20(25)26-19-7-6-17-21-14(2)12-15-13-16(24)8-10-22(15,3)18(21)9-11-23(17,19)4/h13-14,17-19,21H,5-12H2,1-4H3/t14-,17+,18+,19+,21?,22+,23+/m1/s1. The van der Waals surface area contributed by atoms with E-state index in [4.69, 9.17) is 4.74 Å². The van der Waals surface area contributed by atoms with E-state index in [0.717, 1.165) is 32.1 Å². The molecule has 4 aliphatic carbocycles. The molecule has 0 radical (unpaired) electrons. The van der Waals surface area contributed by atoms with Crippen LogP contribution in [0.2, 0.25) is 0 Å². The third-order valence-electron chi connectivity index (χ3n) is 8.78. The molecule has 26 heavy (non-hydrogen) atoms. The summed E-state index contributed by atoms with van der Waals surface area (Å²) in [4.78, 5) is 23.9. The summed E-state index contributed by atoms with van der Waals surface area (Å²) in [6.07, 6.45) is 9.98.